The van der Waals surface area contributed by atoms with Crippen molar-refractivity contribution < 1.29 is 14.6 Å². The largest absolute Gasteiger partial charge is 0.489 e. The molecule has 3 heterocycles. The van der Waals surface area contributed by atoms with E-state index in [-0.39, 0.29) is 12.0 Å². The number of aromatic nitrogens is 7. The molecule has 1 aliphatic rings. The van der Waals surface area contributed by atoms with E-state index in [9.17, 15) is 9.90 Å². The lowest BCUT2D eigenvalue weighted by molar-refractivity contribution is -0.143. The Morgan fingerprint density at radius 3 is 2.82 bits per heavy atom. The van der Waals surface area contributed by atoms with Gasteiger partial charge < -0.3 is 9.84 Å². The molecule has 3 aromatic heterocycles. The van der Waals surface area contributed by atoms with Crippen LogP contribution in [-0.4, -0.2) is 52.2 Å². The van der Waals surface area contributed by atoms with Gasteiger partial charge in [0, 0.05) is 7.05 Å². The Bertz CT molecular complexity index is 1120. The predicted molar refractivity (Wildman–Crippen MR) is 121 cm³/mol. The van der Waals surface area contributed by atoms with Gasteiger partial charge in [-0.25, -0.2) is 14.3 Å². The number of hydrogen-bond donors (Lipinski definition) is 1. The van der Waals surface area contributed by atoms with E-state index in [4.69, 9.17) is 9.72 Å². The summed E-state index contributed by atoms with van der Waals surface area (Å²) < 4.78 is 9.77. The second-order valence-electron chi connectivity index (χ2n) is 9.21. The average Bonchev–Trinajstić information content (AvgIpc) is 3.36. The molecule has 1 fully saturated rings. The Hall–Kier alpha value is -3.30. The Morgan fingerprint density at radius 2 is 2.09 bits per heavy atom. The van der Waals surface area contributed by atoms with Crippen LogP contribution in [0.15, 0.2) is 18.3 Å². The Labute approximate surface area is 193 Å². The second kappa shape index (κ2) is 9.68. The van der Waals surface area contributed by atoms with Gasteiger partial charge in [-0.2, -0.15) is 0 Å². The fraction of sp³-hybridized carbons (Fsp3) is 0.565. The van der Waals surface area contributed by atoms with Crippen LogP contribution in [0.25, 0.3) is 11.4 Å². The van der Waals surface area contributed by atoms with E-state index >= 15 is 0 Å². The van der Waals surface area contributed by atoms with Gasteiger partial charge in [-0.05, 0) is 57.1 Å². The number of carboxylic acids is 1. The van der Waals surface area contributed by atoms with Gasteiger partial charge in [0.15, 0.2) is 0 Å². The zero-order valence-electron chi connectivity index (χ0n) is 19.6. The summed E-state index contributed by atoms with van der Waals surface area (Å²) in [6, 6.07) is 3.77. The summed E-state index contributed by atoms with van der Waals surface area (Å²) in [5.41, 5.74) is 4.10. The predicted octanol–water partition coefficient (Wildman–Crippen LogP) is 3.05. The van der Waals surface area contributed by atoms with Gasteiger partial charge >= 0.3 is 5.97 Å². The van der Waals surface area contributed by atoms with Crippen molar-refractivity contribution in [1.82, 2.24) is 35.0 Å². The number of aliphatic carboxylic acids is 1. The van der Waals surface area contributed by atoms with E-state index in [0.717, 1.165) is 36.3 Å². The van der Waals surface area contributed by atoms with Gasteiger partial charge in [-0.3, -0.25) is 4.79 Å². The number of carbonyl (C=O) groups is 1. The van der Waals surface area contributed by atoms with Gasteiger partial charge in [-0.15, -0.1) is 10.2 Å². The van der Waals surface area contributed by atoms with Crippen molar-refractivity contribution in [2.75, 3.05) is 0 Å². The van der Waals surface area contributed by atoms with Crippen molar-refractivity contribution in [3.8, 4) is 17.1 Å². The minimum Gasteiger partial charge on any atom is -0.489 e. The molecule has 176 valence electrons. The third-order valence-electron chi connectivity index (χ3n) is 6.11. The summed E-state index contributed by atoms with van der Waals surface area (Å²) in [6.45, 7) is 6.72. The fourth-order valence-corrected chi connectivity index (χ4v) is 4.34. The molecule has 33 heavy (non-hydrogen) atoms. The summed E-state index contributed by atoms with van der Waals surface area (Å²) in [5, 5.41) is 26.2. The topological polar surface area (TPSA) is 121 Å². The number of pyridine rings is 1. The first-order valence-corrected chi connectivity index (χ1v) is 11.4. The molecule has 0 spiro atoms. The Balaban J connectivity index is 1.53. The maximum Gasteiger partial charge on any atom is 0.306 e. The molecule has 10 heteroatoms. The highest BCUT2D eigenvalue weighted by Gasteiger charge is 2.28. The number of aryl methyl sites for hydroxylation is 2. The van der Waals surface area contributed by atoms with Crippen LogP contribution in [0.2, 0.25) is 0 Å². The summed E-state index contributed by atoms with van der Waals surface area (Å²) in [7, 11) is 1.86. The molecule has 3 aromatic rings. The monoisotopic (exact) mass is 453 g/mol. The first-order valence-electron chi connectivity index (χ1n) is 11.4. The molecule has 0 aromatic carbocycles. The number of hydrogen-bond acceptors (Lipinski definition) is 7. The molecular formula is C23H31N7O3. The van der Waals surface area contributed by atoms with Crippen LogP contribution < -0.4 is 4.74 Å². The third kappa shape index (κ3) is 5.20. The van der Waals surface area contributed by atoms with E-state index in [1.807, 2.05) is 30.8 Å². The molecule has 4 rings (SSSR count). The highest BCUT2D eigenvalue weighted by Crippen LogP contribution is 2.30. The van der Waals surface area contributed by atoms with Crippen molar-refractivity contribution in [2.45, 2.75) is 65.5 Å². The number of carboxylic acid groups (broad SMARTS) is 1. The second-order valence-corrected chi connectivity index (χ2v) is 9.21. The van der Waals surface area contributed by atoms with Crippen LogP contribution >= 0.6 is 0 Å². The molecule has 0 amide bonds. The maximum atomic E-state index is 11.3. The van der Waals surface area contributed by atoms with Crippen LogP contribution in [0, 0.1) is 18.8 Å². The average molecular weight is 454 g/mol. The first-order chi connectivity index (χ1) is 15.8. The molecule has 0 bridgehead atoms. The number of ether oxygens (including phenoxy) is 1. The van der Waals surface area contributed by atoms with Crippen LogP contribution in [0.4, 0.5) is 0 Å². The lowest BCUT2D eigenvalue weighted by atomic mass is 9.87. The highest BCUT2D eigenvalue weighted by atomic mass is 16.5. The van der Waals surface area contributed by atoms with E-state index in [1.165, 1.54) is 0 Å². The zero-order chi connectivity index (χ0) is 23.5. The third-order valence-corrected chi connectivity index (χ3v) is 6.11. The van der Waals surface area contributed by atoms with Crippen molar-refractivity contribution in [1.29, 1.82) is 0 Å². The first kappa shape index (κ1) is 22.9. The van der Waals surface area contributed by atoms with E-state index in [1.54, 1.807) is 10.9 Å². The van der Waals surface area contributed by atoms with Gasteiger partial charge in [-0.1, -0.05) is 24.3 Å². The summed E-state index contributed by atoms with van der Waals surface area (Å²) in [4.78, 5) is 16.1. The van der Waals surface area contributed by atoms with Crippen molar-refractivity contribution in [2.24, 2.45) is 18.9 Å². The van der Waals surface area contributed by atoms with Crippen LogP contribution in [0.3, 0.4) is 0 Å². The molecule has 10 nitrogen and oxygen atoms in total. The standard InChI is InChI=1S/C23H31N7O3/c1-14(2)10-17-12-24-27-30(17)13-20-22(26-28-29(20)4)19-8-9-21(15(3)25-19)33-18-7-5-6-16(11-18)23(31)32/h8-9,12,14,16,18H,5-7,10-11,13H2,1-4H3,(H,31,32)/t16-,18-/m0/s1. The molecule has 0 aliphatic heterocycles. The van der Waals surface area contributed by atoms with Crippen molar-refractivity contribution in [3.63, 3.8) is 0 Å². The lowest BCUT2D eigenvalue weighted by Gasteiger charge is -2.27. The zero-order valence-corrected chi connectivity index (χ0v) is 19.6. The molecule has 0 unspecified atom stereocenters. The highest BCUT2D eigenvalue weighted by molar-refractivity contribution is 5.70. The van der Waals surface area contributed by atoms with E-state index < -0.39 is 5.97 Å². The summed E-state index contributed by atoms with van der Waals surface area (Å²) >= 11 is 0. The van der Waals surface area contributed by atoms with Crippen LogP contribution in [0.1, 0.15) is 56.6 Å². The van der Waals surface area contributed by atoms with Gasteiger partial charge in [0.1, 0.15) is 11.4 Å². The summed E-state index contributed by atoms with van der Waals surface area (Å²) in [6.07, 6.45) is 5.54. The maximum absolute atomic E-state index is 11.3. The normalized spacial score (nSPS) is 18.6. The fourth-order valence-electron chi connectivity index (χ4n) is 4.34. The van der Waals surface area contributed by atoms with E-state index in [2.05, 4.69) is 34.5 Å². The Kier molecular flexibility index (Phi) is 6.71. The smallest absolute Gasteiger partial charge is 0.306 e. The van der Waals surface area contributed by atoms with Gasteiger partial charge in [0.25, 0.3) is 0 Å². The van der Waals surface area contributed by atoms with E-state index in [0.29, 0.717) is 42.4 Å². The van der Waals surface area contributed by atoms with Gasteiger partial charge in [0.05, 0.1) is 47.5 Å². The van der Waals surface area contributed by atoms with Gasteiger partial charge in [0.2, 0.25) is 0 Å². The molecule has 0 radical (unpaired) electrons. The SMILES string of the molecule is Cc1nc(-c2nnn(C)c2Cn2nncc2CC(C)C)ccc1O[C@H]1CCC[C@H](C(=O)O)C1. The number of nitrogens with zero attached hydrogens (tertiary/aromatic N) is 7. The molecule has 1 saturated carbocycles. The van der Waals surface area contributed by atoms with Crippen molar-refractivity contribution >= 4 is 5.97 Å². The number of rotatable bonds is 8. The lowest BCUT2D eigenvalue weighted by Crippen LogP contribution is -2.29. The quantitative estimate of drug-likeness (QED) is 0.552. The minimum absolute atomic E-state index is 0.107. The summed E-state index contributed by atoms with van der Waals surface area (Å²) in [5.74, 6) is 0.0948. The molecule has 1 aliphatic carbocycles. The Morgan fingerprint density at radius 1 is 1.27 bits per heavy atom. The van der Waals surface area contributed by atoms with Crippen LogP contribution in [0.5, 0.6) is 5.75 Å². The molecule has 0 saturated heterocycles. The molecule has 2 atom stereocenters. The molecular weight excluding hydrogens is 422 g/mol. The van der Waals surface area contributed by atoms with Crippen LogP contribution in [-0.2, 0) is 24.8 Å². The molecule has 1 N–H and O–H groups in total. The minimum atomic E-state index is -0.743. The van der Waals surface area contributed by atoms with Crippen molar-refractivity contribution in [3.05, 3.63) is 35.4 Å².